The van der Waals surface area contributed by atoms with Crippen LogP contribution in [0, 0.1) is 0 Å². The van der Waals surface area contributed by atoms with E-state index in [2.05, 4.69) is 10.2 Å². The summed E-state index contributed by atoms with van der Waals surface area (Å²) in [5.74, 6) is -0.312. The van der Waals surface area contributed by atoms with Gasteiger partial charge in [0, 0.05) is 11.8 Å². The van der Waals surface area contributed by atoms with Crippen molar-refractivity contribution in [3.05, 3.63) is 30.0 Å². The summed E-state index contributed by atoms with van der Waals surface area (Å²) in [6, 6.07) is 5.43. The maximum atomic E-state index is 12.0. The zero-order valence-electron chi connectivity index (χ0n) is 9.18. The molecule has 1 N–H and O–H groups in total. The summed E-state index contributed by atoms with van der Waals surface area (Å²) < 4.78 is 10.5. The van der Waals surface area contributed by atoms with E-state index in [0.717, 1.165) is 17.3 Å². The Morgan fingerprint density at radius 3 is 3.29 bits per heavy atom. The van der Waals surface area contributed by atoms with Gasteiger partial charge in [-0.15, -0.1) is 0 Å². The van der Waals surface area contributed by atoms with Crippen LogP contribution in [0.4, 0.5) is 0 Å². The number of aromatic amines is 1. The van der Waals surface area contributed by atoms with Gasteiger partial charge in [0.1, 0.15) is 6.10 Å². The van der Waals surface area contributed by atoms with E-state index in [-0.39, 0.29) is 12.1 Å². The summed E-state index contributed by atoms with van der Waals surface area (Å²) in [5.41, 5.74) is 1.38. The van der Waals surface area contributed by atoms with Crippen molar-refractivity contribution in [3.63, 3.8) is 0 Å². The molecule has 0 amide bonds. The highest BCUT2D eigenvalue weighted by Gasteiger charge is 2.22. The number of hydrogen-bond donors (Lipinski definition) is 1. The highest BCUT2D eigenvalue weighted by atomic mass is 16.6. The Morgan fingerprint density at radius 2 is 2.47 bits per heavy atom. The number of H-pyrrole nitrogens is 1. The van der Waals surface area contributed by atoms with Gasteiger partial charge in [-0.1, -0.05) is 6.07 Å². The predicted octanol–water partition coefficient (Wildman–Crippen LogP) is 1.51. The number of nitrogens with one attached hydrogen (secondary N) is 1. The van der Waals surface area contributed by atoms with Gasteiger partial charge in [-0.25, -0.2) is 4.79 Å². The first-order chi connectivity index (χ1) is 8.34. The van der Waals surface area contributed by atoms with E-state index in [1.54, 1.807) is 12.3 Å². The van der Waals surface area contributed by atoms with Crippen LogP contribution in [0.15, 0.2) is 24.4 Å². The Balaban J connectivity index is 1.87. The Morgan fingerprint density at radius 1 is 1.53 bits per heavy atom. The molecule has 1 fully saturated rings. The smallest absolute Gasteiger partial charge is 0.339 e. The fourth-order valence-electron chi connectivity index (χ4n) is 1.97. The van der Waals surface area contributed by atoms with Crippen molar-refractivity contribution < 1.29 is 14.3 Å². The number of carbonyl (C=O) groups is 1. The second kappa shape index (κ2) is 4.18. The molecule has 88 valence electrons. The van der Waals surface area contributed by atoms with Crippen molar-refractivity contribution in [2.75, 3.05) is 13.2 Å². The lowest BCUT2D eigenvalue weighted by Gasteiger charge is -2.10. The summed E-state index contributed by atoms with van der Waals surface area (Å²) in [5, 5.41) is 7.53. The zero-order chi connectivity index (χ0) is 11.7. The molecule has 1 atom stereocenters. The van der Waals surface area contributed by atoms with E-state index in [1.165, 1.54) is 0 Å². The zero-order valence-corrected chi connectivity index (χ0v) is 9.18. The normalized spacial score (nSPS) is 19.6. The molecule has 0 saturated carbocycles. The predicted molar refractivity (Wildman–Crippen MR) is 60.7 cm³/mol. The van der Waals surface area contributed by atoms with Gasteiger partial charge < -0.3 is 9.47 Å². The number of esters is 1. The third-order valence-electron chi connectivity index (χ3n) is 2.87. The third-order valence-corrected chi connectivity index (χ3v) is 2.87. The van der Waals surface area contributed by atoms with Crippen LogP contribution in [0.1, 0.15) is 16.8 Å². The molecule has 5 heteroatoms. The summed E-state index contributed by atoms with van der Waals surface area (Å²) in [6.45, 7) is 1.15. The number of nitrogens with zero attached hydrogens (tertiary/aromatic N) is 1. The van der Waals surface area contributed by atoms with Crippen LogP contribution in [-0.2, 0) is 9.47 Å². The fourth-order valence-corrected chi connectivity index (χ4v) is 1.97. The highest BCUT2D eigenvalue weighted by Crippen LogP contribution is 2.19. The molecule has 0 bridgehead atoms. The van der Waals surface area contributed by atoms with E-state index >= 15 is 0 Å². The van der Waals surface area contributed by atoms with Crippen LogP contribution < -0.4 is 0 Å². The van der Waals surface area contributed by atoms with Crippen LogP contribution in [0.25, 0.3) is 10.9 Å². The van der Waals surface area contributed by atoms with E-state index < -0.39 is 0 Å². The fraction of sp³-hybridized carbons (Fsp3) is 0.333. The summed E-state index contributed by atoms with van der Waals surface area (Å²) >= 11 is 0. The van der Waals surface area contributed by atoms with Crippen LogP contribution in [-0.4, -0.2) is 35.5 Å². The molecular weight excluding hydrogens is 220 g/mol. The number of carbonyl (C=O) groups excluding carboxylic acids is 1. The topological polar surface area (TPSA) is 64.2 Å². The molecule has 1 aliphatic rings. The molecule has 2 heterocycles. The average molecular weight is 232 g/mol. The van der Waals surface area contributed by atoms with Gasteiger partial charge in [-0.05, 0) is 12.1 Å². The molecule has 1 aromatic heterocycles. The van der Waals surface area contributed by atoms with Crippen molar-refractivity contribution in [1.29, 1.82) is 0 Å². The highest BCUT2D eigenvalue weighted by molar-refractivity contribution is 6.03. The first-order valence-corrected chi connectivity index (χ1v) is 5.55. The summed E-state index contributed by atoms with van der Waals surface area (Å²) in [7, 11) is 0. The number of benzene rings is 1. The molecule has 2 aromatic rings. The van der Waals surface area contributed by atoms with Crippen molar-refractivity contribution in [1.82, 2.24) is 10.2 Å². The maximum absolute atomic E-state index is 12.0. The molecule has 0 radical (unpaired) electrons. The summed E-state index contributed by atoms with van der Waals surface area (Å²) in [4.78, 5) is 12.0. The number of aromatic nitrogens is 2. The van der Waals surface area contributed by atoms with E-state index in [4.69, 9.17) is 9.47 Å². The number of rotatable bonds is 2. The van der Waals surface area contributed by atoms with Crippen molar-refractivity contribution in [2.24, 2.45) is 0 Å². The monoisotopic (exact) mass is 232 g/mol. The molecule has 1 aromatic carbocycles. The van der Waals surface area contributed by atoms with Crippen molar-refractivity contribution in [3.8, 4) is 0 Å². The van der Waals surface area contributed by atoms with Gasteiger partial charge in [0.25, 0.3) is 0 Å². The first-order valence-electron chi connectivity index (χ1n) is 5.55. The lowest BCUT2D eigenvalue weighted by atomic mass is 10.1. The second-order valence-electron chi connectivity index (χ2n) is 4.03. The lowest BCUT2D eigenvalue weighted by molar-refractivity contribution is 0.0273. The molecule has 1 aliphatic heterocycles. The minimum absolute atomic E-state index is 0.121. The van der Waals surface area contributed by atoms with E-state index in [1.807, 2.05) is 12.1 Å². The van der Waals surface area contributed by atoms with Gasteiger partial charge >= 0.3 is 5.97 Å². The van der Waals surface area contributed by atoms with Gasteiger partial charge in [-0.3, -0.25) is 5.10 Å². The van der Waals surface area contributed by atoms with Gasteiger partial charge in [-0.2, -0.15) is 5.10 Å². The van der Waals surface area contributed by atoms with Gasteiger partial charge in [0.2, 0.25) is 0 Å². The summed E-state index contributed by atoms with van der Waals surface area (Å²) in [6.07, 6.45) is 2.29. The first kappa shape index (κ1) is 10.3. The van der Waals surface area contributed by atoms with Gasteiger partial charge in [0.15, 0.2) is 0 Å². The minimum Gasteiger partial charge on any atom is -0.456 e. The van der Waals surface area contributed by atoms with Crippen LogP contribution in [0.2, 0.25) is 0 Å². The molecule has 0 spiro atoms. The Hall–Kier alpha value is -1.88. The van der Waals surface area contributed by atoms with Crippen LogP contribution in [0.3, 0.4) is 0 Å². The standard InChI is InChI=1S/C12H12N2O3/c15-12(17-8-4-5-16-7-8)9-2-1-3-11-10(9)6-13-14-11/h1-3,6,8H,4-5,7H2,(H,13,14). The maximum Gasteiger partial charge on any atom is 0.339 e. The third kappa shape index (κ3) is 1.89. The second-order valence-corrected chi connectivity index (χ2v) is 4.03. The molecule has 1 saturated heterocycles. The van der Waals surface area contributed by atoms with E-state index in [9.17, 15) is 4.79 Å². The van der Waals surface area contributed by atoms with Crippen LogP contribution >= 0.6 is 0 Å². The molecule has 3 rings (SSSR count). The Labute approximate surface area is 97.7 Å². The Bertz CT molecular complexity index is 543. The average Bonchev–Trinajstić information content (AvgIpc) is 2.97. The number of hydrogen-bond acceptors (Lipinski definition) is 4. The largest absolute Gasteiger partial charge is 0.456 e. The lowest BCUT2D eigenvalue weighted by Crippen LogP contribution is -2.18. The molecular formula is C12H12N2O3. The molecule has 0 aliphatic carbocycles. The number of ether oxygens (including phenoxy) is 2. The van der Waals surface area contributed by atoms with Crippen molar-refractivity contribution in [2.45, 2.75) is 12.5 Å². The Kier molecular flexibility index (Phi) is 2.53. The quantitative estimate of drug-likeness (QED) is 0.797. The van der Waals surface area contributed by atoms with Crippen molar-refractivity contribution >= 4 is 16.9 Å². The SMILES string of the molecule is O=C(OC1CCOC1)c1cccc2[nH]ncc12. The van der Waals surface area contributed by atoms with Crippen LogP contribution in [0.5, 0.6) is 0 Å². The molecule has 17 heavy (non-hydrogen) atoms. The molecule has 5 nitrogen and oxygen atoms in total. The minimum atomic E-state index is -0.312. The molecule has 1 unspecified atom stereocenters. The van der Waals surface area contributed by atoms with E-state index in [0.29, 0.717) is 18.8 Å². The number of fused-ring (bicyclic) bond motifs is 1. The van der Waals surface area contributed by atoms with Gasteiger partial charge in [0.05, 0.1) is 30.5 Å².